The maximum Gasteiger partial charge on any atom is 0.224 e. The number of hydrogen-bond donors (Lipinski definition) is 2. The van der Waals surface area contributed by atoms with Crippen molar-refractivity contribution in [2.75, 3.05) is 11.9 Å². The Hall–Kier alpha value is -1.13. The summed E-state index contributed by atoms with van der Waals surface area (Å²) in [7, 11) is 0. The lowest BCUT2D eigenvalue weighted by Gasteiger charge is -2.09. The van der Waals surface area contributed by atoms with Crippen LogP contribution in [0.3, 0.4) is 0 Å². The van der Waals surface area contributed by atoms with E-state index < -0.39 is 0 Å². The van der Waals surface area contributed by atoms with Gasteiger partial charge in [0.15, 0.2) is 0 Å². The predicted octanol–water partition coefficient (Wildman–Crippen LogP) is 2.28. The predicted molar refractivity (Wildman–Crippen MR) is 75.1 cm³/mol. The number of nitrogens with one attached hydrogen (secondary N) is 2. The van der Waals surface area contributed by atoms with Crippen molar-refractivity contribution >= 4 is 24.0 Å². The summed E-state index contributed by atoms with van der Waals surface area (Å²) in [4.78, 5) is 15.8. The van der Waals surface area contributed by atoms with Gasteiger partial charge in [-0.15, -0.1) is 12.4 Å². The molecule has 2 N–H and O–H groups in total. The van der Waals surface area contributed by atoms with Gasteiger partial charge < -0.3 is 10.6 Å². The summed E-state index contributed by atoms with van der Waals surface area (Å²) in [6.45, 7) is 3.02. The van der Waals surface area contributed by atoms with E-state index in [2.05, 4.69) is 15.6 Å². The van der Waals surface area contributed by atoms with E-state index in [9.17, 15) is 4.79 Å². The van der Waals surface area contributed by atoms with Gasteiger partial charge in [-0.2, -0.15) is 0 Å². The smallest absolute Gasteiger partial charge is 0.224 e. The van der Waals surface area contributed by atoms with E-state index in [1.807, 2.05) is 19.1 Å². The van der Waals surface area contributed by atoms with Crippen LogP contribution >= 0.6 is 12.4 Å². The fraction of sp³-hybridized carbons (Fsp3) is 0.538. The molecule has 18 heavy (non-hydrogen) atoms. The van der Waals surface area contributed by atoms with Crippen molar-refractivity contribution in [1.29, 1.82) is 0 Å². The van der Waals surface area contributed by atoms with Crippen LogP contribution in [-0.2, 0) is 4.79 Å². The van der Waals surface area contributed by atoms with Crippen LogP contribution in [-0.4, -0.2) is 23.5 Å². The molecule has 2 heterocycles. The number of rotatable bonds is 4. The summed E-state index contributed by atoms with van der Waals surface area (Å²) in [5.41, 5.74) is 1.73. The maximum atomic E-state index is 11.7. The standard InChI is InChI=1S/C13H19N3O.ClH/c1-10-4-5-12(9-15-10)16-13(17)7-6-11-3-2-8-14-11;/h4-5,9,11,14H,2-3,6-8H2,1H3,(H,16,17);1H. The molecule has 1 aromatic rings. The number of nitrogens with zero attached hydrogens (tertiary/aromatic N) is 1. The Balaban J connectivity index is 0.00000162. The number of amides is 1. The Morgan fingerprint density at radius 2 is 2.39 bits per heavy atom. The van der Waals surface area contributed by atoms with Crippen molar-refractivity contribution in [3.8, 4) is 0 Å². The number of halogens is 1. The second-order valence-electron chi connectivity index (χ2n) is 4.57. The summed E-state index contributed by atoms with van der Waals surface area (Å²) in [6, 6.07) is 4.30. The fourth-order valence-electron chi connectivity index (χ4n) is 2.07. The molecule has 1 aliphatic heterocycles. The van der Waals surface area contributed by atoms with E-state index >= 15 is 0 Å². The van der Waals surface area contributed by atoms with Crippen LogP contribution in [0.4, 0.5) is 5.69 Å². The molecule has 0 saturated carbocycles. The van der Waals surface area contributed by atoms with Gasteiger partial charge in [0, 0.05) is 18.2 Å². The zero-order valence-corrected chi connectivity index (χ0v) is 11.4. The van der Waals surface area contributed by atoms with E-state index in [0.717, 1.165) is 24.3 Å². The number of aryl methyl sites for hydroxylation is 1. The van der Waals surface area contributed by atoms with Crippen LogP contribution < -0.4 is 10.6 Å². The highest BCUT2D eigenvalue weighted by atomic mass is 35.5. The highest BCUT2D eigenvalue weighted by Crippen LogP contribution is 2.12. The first-order valence-electron chi connectivity index (χ1n) is 6.20. The Morgan fingerprint density at radius 3 is 3.00 bits per heavy atom. The van der Waals surface area contributed by atoms with Gasteiger partial charge in [0.2, 0.25) is 5.91 Å². The molecular weight excluding hydrogens is 250 g/mol. The van der Waals surface area contributed by atoms with Gasteiger partial charge in [-0.1, -0.05) is 0 Å². The molecule has 1 fully saturated rings. The number of pyridine rings is 1. The Morgan fingerprint density at radius 1 is 1.56 bits per heavy atom. The number of carbonyl (C=O) groups is 1. The average molecular weight is 270 g/mol. The van der Waals surface area contributed by atoms with Crippen LogP contribution in [0.1, 0.15) is 31.4 Å². The first kappa shape index (κ1) is 14.9. The molecule has 5 heteroatoms. The Bertz CT molecular complexity index is 374. The van der Waals surface area contributed by atoms with Crippen LogP contribution in [0.2, 0.25) is 0 Å². The number of hydrogen-bond acceptors (Lipinski definition) is 3. The number of anilines is 1. The second kappa shape index (κ2) is 7.34. The Kier molecular flexibility index (Phi) is 6.09. The third-order valence-corrected chi connectivity index (χ3v) is 3.08. The normalized spacial score (nSPS) is 18.2. The van der Waals surface area contributed by atoms with Gasteiger partial charge in [0.05, 0.1) is 11.9 Å². The topological polar surface area (TPSA) is 54.0 Å². The second-order valence-corrected chi connectivity index (χ2v) is 4.57. The molecule has 4 nitrogen and oxygen atoms in total. The number of carbonyl (C=O) groups excluding carboxylic acids is 1. The van der Waals surface area contributed by atoms with E-state index in [0.29, 0.717) is 12.5 Å². The molecule has 1 aliphatic rings. The summed E-state index contributed by atoms with van der Waals surface area (Å²) < 4.78 is 0. The van der Waals surface area contributed by atoms with Crippen molar-refractivity contribution < 1.29 is 4.79 Å². The lowest BCUT2D eigenvalue weighted by molar-refractivity contribution is -0.116. The summed E-state index contributed by atoms with van der Waals surface area (Å²) in [5, 5.41) is 6.25. The average Bonchev–Trinajstić information content (AvgIpc) is 2.83. The van der Waals surface area contributed by atoms with Crippen molar-refractivity contribution in [3.05, 3.63) is 24.0 Å². The quantitative estimate of drug-likeness (QED) is 0.882. The summed E-state index contributed by atoms with van der Waals surface area (Å²) in [5.74, 6) is 0.0735. The molecule has 0 spiro atoms. The molecule has 100 valence electrons. The van der Waals surface area contributed by atoms with Gasteiger partial charge in [0.25, 0.3) is 0 Å². The molecule has 1 amide bonds. The molecule has 1 saturated heterocycles. The van der Waals surface area contributed by atoms with Gasteiger partial charge in [-0.25, -0.2) is 0 Å². The minimum absolute atomic E-state index is 0. The van der Waals surface area contributed by atoms with E-state index in [4.69, 9.17) is 0 Å². The molecule has 1 atom stereocenters. The minimum atomic E-state index is 0. The molecule has 1 unspecified atom stereocenters. The van der Waals surface area contributed by atoms with Gasteiger partial charge in [-0.3, -0.25) is 9.78 Å². The third-order valence-electron chi connectivity index (χ3n) is 3.08. The first-order valence-corrected chi connectivity index (χ1v) is 6.20. The zero-order valence-electron chi connectivity index (χ0n) is 10.6. The van der Waals surface area contributed by atoms with E-state index in [1.165, 1.54) is 12.8 Å². The molecule has 0 radical (unpaired) electrons. The van der Waals surface area contributed by atoms with Crippen LogP contribution in [0, 0.1) is 6.92 Å². The van der Waals surface area contributed by atoms with Gasteiger partial charge >= 0.3 is 0 Å². The monoisotopic (exact) mass is 269 g/mol. The lowest BCUT2D eigenvalue weighted by Crippen LogP contribution is -2.23. The summed E-state index contributed by atoms with van der Waals surface area (Å²) in [6.07, 6.45) is 5.62. The highest BCUT2D eigenvalue weighted by Gasteiger charge is 2.15. The van der Waals surface area contributed by atoms with Crippen LogP contribution in [0.25, 0.3) is 0 Å². The molecule has 0 bridgehead atoms. The van der Waals surface area contributed by atoms with E-state index in [-0.39, 0.29) is 18.3 Å². The van der Waals surface area contributed by atoms with Gasteiger partial charge in [0.1, 0.15) is 0 Å². The van der Waals surface area contributed by atoms with E-state index in [1.54, 1.807) is 6.20 Å². The van der Waals surface area contributed by atoms with Crippen LogP contribution in [0.5, 0.6) is 0 Å². The number of aromatic nitrogens is 1. The van der Waals surface area contributed by atoms with Gasteiger partial charge in [-0.05, 0) is 44.9 Å². The highest BCUT2D eigenvalue weighted by molar-refractivity contribution is 5.90. The Labute approximate surface area is 114 Å². The zero-order chi connectivity index (χ0) is 12.1. The van der Waals surface area contributed by atoms with Crippen molar-refractivity contribution in [2.24, 2.45) is 0 Å². The molecular formula is C13H20ClN3O. The van der Waals surface area contributed by atoms with Crippen molar-refractivity contribution in [3.63, 3.8) is 0 Å². The van der Waals surface area contributed by atoms with Crippen molar-refractivity contribution in [2.45, 2.75) is 38.6 Å². The maximum absolute atomic E-state index is 11.7. The summed E-state index contributed by atoms with van der Waals surface area (Å²) >= 11 is 0. The molecule has 1 aromatic heterocycles. The van der Waals surface area contributed by atoms with Crippen LogP contribution in [0.15, 0.2) is 18.3 Å². The molecule has 2 rings (SSSR count). The minimum Gasteiger partial charge on any atom is -0.325 e. The largest absolute Gasteiger partial charge is 0.325 e. The third kappa shape index (κ3) is 4.63. The first-order chi connectivity index (χ1) is 8.24. The SMILES string of the molecule is Cc1ccc(NC(=O)CCC2CCCN2)cn1.Cl. The molecule has 0 aliphatic carbocycles. The lowest BCUT2D eigenvalue weighted by atomic mass is 10.1. The fourth-order valence-corrected chi connectivity index (χ4v) is 2.07. The van der Waals surface area contributed by atoms with Crippen molar-refractivity contribution in [1.82, 2.24) is 10.3 Å². The molecule has 0 aromatic carbocycles.